The van der Waals surface area contributed by atoms with Gasteiger partial charge in [-0.15, -0.1) is 0 Å². The molecule has 1 saturated carbocycles. The largest absolute Gasteiger partial charge is 0.382 e. The number of rotatable bonds is 8. The Morgan fingerprint density at radius 2 is 2.16 bits per heavy atom. The van der Waals surface area contributed by atoms with Gasteiger partial charge in [0.2, 0.25) is 11.8 Å². The van der Waals surface area contributed by atoms with Crippen LogP contribution in [-0.2, 0) is 22.6 Å². The molecule has 174 valence electrons. The number of anilines is 3. The molecule has 1 aliphatic carbocycles. The minimum atomic E-state index is -2.51. The second-order valence-electron chi connectivity index (χ2n) is 8.94. The maximum atomic E-state index is 13.0. The van der Waals surface area contributed by atoms with Gasteiger partial charge in [0.15, 0.2) is 0 Å². The number of hydrogen-bond acceptors (Lipinski definition) is 6. The molecule has 10 heteroatoms. The van der Waals surface area contributed by atoms with Crippen molar-refractivity contribution in [3.8, 4) is 0 Å². The summed E-state index contributed by atoms with van der Waals surface area (Å²) in [7, 11) is 3.54. The molecule has 1 amide bonds. The Balaban J connectivity index is 1.41. The standard InChI is InChI=1S/C22H30F2N6O2/c1-13(32-4)5-18-21(31)28-20-14(2)27-19(6-17(20)29(18)3)25-9-16-10-26-30(12-16)11-15-7-22(23,24)8-15/h6,10,12-13,15,18H,5,7-9,11H2,1-4H3,(H,25,27)(H,28,31)/t13?,18-/m0/s1. The fraction of sp³-hybridized carbons (Fsp3) is 0.591. The van der Waals surface area contributed by atoms with Gasteiger partial charge in [0, 0.05) is 64.3 Å². The summed E-state index contributed by atoms with van der Waals surface area (Å²) >= 11 is 0. The van der Waals surface area contributed by atoms with Crippen LogP contribution in [0.5, 0.6) is 0 Å². The molecule has 0 bridgehead atoms. The van der Waals surface area contributed by atoms with Gasteiger partial charge in [-0.2, -0.15) is 5.10 Å². The van der Waals surface area contributed by atoms with Crippen LogP contribution in [0.1, 0.15) is 37.4 Å². The van der Waals surface area contributed by atoms with Gasteiger partial charge in [0.25, 0.3) is 0 Å². The lowest BCUT2D eigenvalue weighted by atomic mass is 9.81. The number of likely N-dealkylation sites (N-methyl/N-ethyl adjacent to an activating group) is 1. The number of pyridine rings is 1. The van der Waals surface area contributed by atoms with Crippen molar-refractivity contribution in [1.29, 1.82) is 0 Å². The highest BCUT2D eigenvalue weighted by Gasteiger charge is 2.45. The van der Waals surface area contributed by atoms with Gasteiger partial charge in [-0.1, -0.05) is 0 Å². The number of aromatic nitrogens is 3. The Bertz CT molecular complexity index is 987. The van der Waals surface area contributed by atoms with E-state index >= 15 is 0 Å². The van der Waals surface area contributed by atoms with Crippen molar-refractivity contribution in [2.24, 2.45) is 5.92 Å². The third-order valence-corrected chi connectivity index (χ3v) is 6.32. The SMILES string of the molecule is COC(C)C[C@H]1C(=O)Nc2c(cc(NCc3cnn(CC4CC(F)(F)C4)c3)nc2C)N1C. The highest BCUT2D eigenvalue weighted by Crippen LogP contribution is 2.43. The highest BCUT2D eigenvalue weighted by molar-refractivity contribution is 6.04. The number of nitrogens with one attached hydrogen (secondary N) is 2. The Kier molecular flexibility index (Phi) is 6.07. The summed E-state index contributed by atoms with van der Waals surface area (Å²) < 4.78 is 33.1. The third-order valence-electron chi connectivity index (χ3n) is 6.32. The van der Waals surface area contributed by atoms with E-state index in [1.165, 1.54) is 0 Å². The summed E-state index contributed by atoms with van der Waals surface area (Å²) in [6, 6.07) is 1.59. The van der Waals surface area contributed by atoms with Gasteiger partial charge < -0.3 is 20.3 Å². The Morgan fingerprint density at radius 3 is 2.84 bits per heavy atom. The lowest BCUT2D eigenvalue weighted by molar-refractivity contribution is -0.118. The zero-order valence-electron chi connectivity index (χ0n) is 18.9. The van der Waals surface area contributed by atoms with Crippen LogP contribution >= 0.6 is 0 Å². The van der Waals surface area contributed by atoms with Crippen LogP contribution < -0.4 is 15.5 Å². The van der Waals surface area contributed by atoms with E-state index in [4.69, 9.17) is 4.74 Å². The maximum Gasteiger partial charge on any atom is 0.248 e. The molecule has 2 atom stereocenters. The number of alkyl halides is 2. The smallest absolute Gasteiger partial charge is 0.248 e. The van der Waals surface area contributed by atoms with Crippen LogP contribution in [0.15, 0.2) is 18.5 Å². The van der Waals surface area contributed by atoms with Crippen LogP contribution in [0, 0.1) is 12.8 Å². The maximum absolute atomic E-state index is 13.0. The molecule has 0 spiro atoms. The van der Waals surface area contributed by atoms with E-state index in [-0.39, 0.29) is 36.8 Å². The number of methoxy groups -OCH3 is 1. The number of carbonyl (C=O) groups excluding carboxylic acids is 1. The second-order valence-corrected chi connectivity index (χ2v) is 8.94. The zero-order chi connectivity index (χ0) is 23.0. The van der Waals surface area contributed by atoms with Crippen LogP contribution in [0.3, 0.4) is 0 Å². The van der Waals surface area contributed by atoms with Crippen LogP contribution in [0.2, 0.25) is 0 Å². The first-order valence-corrected chi connectivity index (χ1v) is 10.9. The predicted octanol–water partition coefficient (Wildman–Crippen LogP) is 3.43. The Labute approximate surface area is 186 Å². The Hall–Kier alpha value is -2.75. The van der Waals surface area contributed by atoms with Gasteiger partial charge in [-0.25, -0.2) is 13.8 Å². The lowest BCUT2D eigenvalue weighted by Crippen LogP contribution is -2.47. The minimum Gasteiger partial charge on any atom is -0.382 e. The summed E-state index contributed by atoms with van der Waals surface area (Å²) in [5.74, 6) is -1.90. The normalized spacial score (nSPS) is 21.0. The van der Waals surface area contributed by atoms with Crippen LogP contribution in [-0.4, -0.2) is 52.9 Å². The summed E-state index contributed by atoms with van der Waals surface area (Å²) in [5.41, 5.74) is 3.29. The van der Waals surface area contributed by atoms with Gasteiger partial charge in [-0.3, -0.25) is 9.48 Å². The van der Waals surface area contributed by atoms with Gasteiger partial charge in [0.05, 0.1) is 29.4 Å². The lowest BCUT2D eigenvalue weighted by Gasteiger charge is -2.37. The highest BCUT2D eigenvalue weighted by atomic mass is 19.3. The molecule has 2 N–H and O–H groups in total. The summed E-state index contributed by atoms with van der Waals surface area (Å²) in [4.78, 5) is 19.2. The van der Waals surface area contributed by atoms with E-state index in [1.807, 2.05) is 38.1 Å². The summed E-state index contributed by atoms with van der Waals surface area (Å²) in [6.07, 6.45) is 4.03. The molecule has 2 aromatic rings. The van der Waals surface area contributed by atoms with Crippen molar-refractivity contribution >= 4 is 23.1 Å². The first-order valence-electron chi connectivity index (χ1n) is 10.9. The molecule has 2 aromatic heterocycles. The van der Waals surface area contributed by atoms with Crippen molar-refractivity contribution in [3.05, 3.63) is 29.7 Å². The first kappa shape index (κ1) is 22.4. The fourth-order valence-corrected chi connectivity index (χ4v) is 4.37. The topological polar surface area (TPSA) is 84.3 Å². The molecule has 1 unspecified atom stereocenters. The molecule has 1 aliphatic heterocycles. The molecule has 4 rings (SSSR count). The van der Waals surface area contributed by atoms with E-state index in [1.54, 1.807) is 18.0 Å². The molecule has 1 fully saturated rings. The number of aryl methyl sites for hydroxylation is 1. The van der Waals surface area contributed by atoms with Crippen molar-refractivity contribution in [2.45, 2.75) is 64.3 Å². The molecule has 0 radical (unpaired) electrons. The molecule has 8 nitrogen and oxygen atoms in total. The van der Waals surface area contributed by atoms with E-state index in [2.05, 4.69) is 20.7 Å². The van der Waals surface area contributed by atoms with Crippen LogP contribution in [0.4, 0.5) is 26.0 Å². The number of amides is 1. The van der Waals surface area contributed by atoms with E-state index in [9.17, 15) is 13.6 Å². The van der Waals surface area contributed by atoms with E-state index in [0.29, 0.717) is 25.3 Å². The molecule has 2 aliphatic rings. The molecular formula is C22H30F2N6O2. The number of fused-ring (bicyclic) bond motifs is 1. The molecule has 0 aromatic carbocycles. The third kappa shape index (κ3) is 4.69. The van der Waals surface area contributed by atoms with Crippen molar-refractivity contribution in [2.75, 3.05) is 29.7 Å². The Morgan fingerprint density at radius 1 is 1.41 bits per heavy atom. The molecule has 0 saturated heterocycles. The number of carbonyl (C=O) groups is 1. The molecular weight excluding hydrogens is 418 g/mol. The van der Waals surface area contributed by atoms with Crippen molar-refractivity contribution in [3.63, 3.8) is 0 Å². The average molecular weight is 449 g/mol. The van der Waals surface area contributed by atoms with Crippen molar-refractivity contribution < 1.29 is 18.3 Å². The van der Waals surface area contributed by atoms with Crippen LogP contribution in [0.25, 0.3) is 0 Å². The quantitative estimate of drug-likeness (QED) is 0.644. The molecule has 3 heterocycles. The van der Waals surface area contributed by atoms with Gasteiger partial charge >= 0.3 is 0 Å². The number of hydrogen-bond donors (Lipinski definition) is 2. The van der Waals surface area contributed by atoms with E-state index < -0.39 is 5.92 Å². The monoisotopic (exact) mass is 448 g/mol. The predicted molar refractivity (Wildman–Crippen MR) is 118 cm³/mol. The van der Waals surface area contributed by atoms with Crippen molar-refractivity contribution in [1.82, 2.24) is 14.8 Å². The van der Waals surface area contributed by atoms with Gasteiger partial charge in [0.1, 0.15) is 11.9 Å². The molecule has 32 heavy (non-hydrogen) atoms. The van der Waals surface area contributed by atoms with E-state index in [0.717, 1.165) is 22.6 Å². The fourth-order valence-electron chi connectivity index (χ4n) is 4.37. The number of halogens is 2. The second kappa shape index (κ2) is 8.65. The number of ether oxygens (including phenoxy) is 1. The summed E-state index contributed by atoms with van der Waals surface area (Å²) in [6.45, 7) is 4.82. The minimum absolute atomic E-state index is 0.0183. The average Bonchev–Trinajstić information content (AvgIpc) is 3.16. The summed E-state index contributed by atoms with van der Waals surface area (Å²) in [5, 5.41) is 10.6. The zero-order valence-corrected chi connectivity index (χ0v) is 18.9. The van der Waals surface area contributed by atoms with Gasteiger partial charge in [-0.05, 0) is 19.8 Å². The number of nitrogens with zero attached hydrogens (tertiary/aromatic N) is 4. The first-order chi connectivity index (χ1) is 15.1.